The van der Waals surface area contributed by atoms with E-state index < -0.39 is 18.1 Å². The number of methoxy groups -OCH3 is 1. The summed E-state index contributed by atoms with van der Waals surface area (Å²) in [5.41, 5.74) is 7.41. The molecule has 2 aromatic rings. The fraction of sp³-hybridized carbons (Fsp3) is 0.364. The van der Waals surface area contributed by atoms with E-state index in [2.05, 4.69) is 4.98 Å². The molecule has 180 valence electrons. The van der Waals surface area contributed by atoms with Crippen LogP contribution < -0.4 is 15.5 Å². The number of rotatable bonds is 4. The maximum atomic E-state index is 15.1. The van der Waals surface area contributed by atoms with Crippen LogP contribution in [0.3, 0.4) is 0 Å². The third-order valence-corrected chi connectivity index (χ3v) is 6.38. The predicted octanol–water partition coefficient (Wildman–Crippen LogP) is 1.91. The molecule has 34 heavy (non-hydrogen) atoms. The summed E-state index contributed by atoms with van der Waals surface area (Å²) in [4.78, 5) is 35.5. The van der Waals surface area contributed by atoms with Crippen LogP contribution in [0.4, 0.5) is 26.2 Å². The number of likely N-dealkylation sites (N-methyl/N-ethyl adjacent to an activating group) is 1. The van der Waals surface area contributed by atoms with Crippen molar-refractivity contribution in [2.75, 3.05) is 62.4 Å². The van der Waals surface area contributed by atoms with Crippen LogP contribution in [0.2, 0.25) is 0 Å². The second kappa shape index (κ2) is 9.67. The lowest BCUT2D eigenvalue weighted by atomic mass is 10.1. The van der Waals surface area contributed by atoms with Gasteiger partial charge in [0.05, 0.1) is 30.6 Å². The van der Waals surface area contributed by atoms with E-state index in [4.69, 9.17) is 27.4 Å². The van der Waals surface area contributed by atoms with E-state index in [1.807, 2.05) is 4.90 Å². The van der Waals surface area contributed by atoms with Gasteiger partial charge in [0.15, 0.2) is 6.23 Å². The number of cyclic esters (lactones) is 1. The molecule has 4 rings (SSSR count). The molecule has 1 atom stereocenters. The molecule has 2 N–H and O–H groups in total. The minimum Gasteiger partial charge on any atom is -0.474 e. The van der Waals surface area contributed by atoms with Crippen LogP contribution >= 0.6 is 12.2 Å². The predicted molar refractivity (Wildman–Crippen MR) is 128 cm³/mol. The molecule has 12 heteroatoms. The van der Waals surface area contributed by atoms with E-state index in [9.17, 15) is 9.59 Å². The molecule has 0 spiro atoms. The van der Waals surface area contributed by atoms with Crippen LogP contribution in [0.1, 0.15) is 10.4 Å². The van der Waals surface area contributed by atoms with Crippen molar-refractivity contribution in [3.8, 4) is 0 Å². The average Bonchev–Trinajstić information content (AvgIpc) is 3.24. The molecule has 0 bridgehead atoms. The number of piperazine rings is 1. The molecular formula is C22H25FN6O4S. The van der Waals surface area contributed by atoms with Crippen LogP contribution in [-0.4, -0.2) is 85.1 Å². The highest BCUT2D eigenvalue weighted by Crippen LogP contribution is 2.29. The van der Waals surface area contributed by atoms with Crippen LogP contribution in [0, 0.1) is 5.82 Å². The second-order valence-electron chi connectivity index (χ2n) is 7.91. The quantitative estimate of drug-likeness (QED) is 0.646. The Morgan fingerprint density at radius 2 is 2.03 bits per heavy atom. The van der Waals surface area contributed by atoms with Gasteiger partial charge in [-0.15, -0.1) is 0 Å². The first-order valence-electron chi connectivity index (χ1n) is 10.6. The monoisotopic (exact) mass is 488 g/mol. The van der Waals surface area contributed by atoms with Gasteiger partial charge in [0, 0.05) is 51.3 Å². The Hall–Kier alpha value is -3.67. The summed E-state index contributed by atoms with van der Waals surface area (Å²) in [6.07, 6.45) is 1.76. The number of ether oxygens (including phenoxy) is 2. The van der Waals surface area contributed by atoms with E-state index in [0.29, 0.717) is 48.8 Å². The van der Waals surface area contributed by atoms with E-state index in [1.165, 1.54) is 35.4 Å². The first-order chi connectivity index (χ1) is 16.3. The highest BCUT2D eigenvalue weighted by atomic mass is 32.1. The summed E-state index contributed by atoms with van der Waals surface area (Å²) in [6, 6.07) is 6.19. The Bertz CT molecular complexity index is 1110. The Morgan fingerprint density at radius 1 is 1.29 bits per heavy atom. The van der Waals surface area contributed by atoms with Gasteiger partial charge in [-0.3, -0.25) is 19.6 Å². The summed E-state index contributed by atoms with van der Waals surface area (Å²) >= 11 is 5.07. The third-order valence-electron chi connectivity index (χ3n) is 5.93. The Balaban J connectivity index is 1.40. The summed E-state index contributed by atoms with van der Waals surface area (Å²) in [7, 11) is 3.09. The molecule has 0 saturated carbocycles. The summed E-state index contributed by atoms with van der Waals surface area (Å²) in [5.74, 6) is -0.660. The zero-order valence-corrected chi connectivity index (χ0v) is 19.6. The molecule has 2 aliphatic heterocycles. The lowest BCUT2D eigenvalue weighted by molar-refractivity contribution is 0.0677. The lowest BCUT2D eigenvalue weighted by Gasteiger charge is -2.36. The topological polar surface area (TPSA) is 104 Å². The number of thiocarbonyl (C=S) groups is 1. The van der Waals surface area contributed by atoms with Gasteiger partial charge >= 0.3 is 6.09 Å². The molecule has 1 aromatic heterocycles. The van der Waals surface area contributed by atoms with E-state index in [0.717, 1.165) is 0 Å². The number of aromatic nitrogens is 1. The van der Waals surface area contributed by atoms with Gasteiger partial charge in [0.2, 0.25) is 0 Å². The van der Waals surface area contributed by atoms with Crippen molar-refractivity contribution >= 4 is 46.5 Å². The van der Waals surface area contributed by atoms with Crippen molar-refractivity contribution in [2.24, 2.45) is 0 Å². The number of hydrogen-bond acceptors (Lipinski definition) is 8. The molecule has 2 aliphatic rings. The van der Waals surface area contributed by atoms with Crippen molar-refractivity contribution in [1.82, 2.24) is 14.8 Å². The molecule has 1 aromatic carbocycles. The number of nitrogens with zero attached hydrogens (tertiary/aromatic N) is 5. The molecule has 0 radical (unpaired) electrons. The van der Waals surface area contributed by atoms with Gasteiger partial charge in [-0.1, -0.05) is 0 Å². The van der Waals surface area contributed by atoms with Crippen molar-refractivity contribution in [3.63, 3.8) is 0 Å². The summed E-state index contributed by atoms with van der Waals surface area (Å²) in [5, 5.41) is 0.185. The minimum atomic E-state index is -0.637. The molecule has 1 unspecified atom stereocenters. The normalized spacial score (nSPS) is 18.0. The Labute approximate surface area is 201 Å². The lowest BCUT2D eigenvalue weighted by Crippen LogP contribution is -2.49. The van der Waals surface area contributed by atoms with Crippen molar-refractivity contribution < 1.29 is 23.5 Å². The molecule has 2 saturated heterocycles. The highest BCUT2D eigenvalue weighted by molar-refractivity contribution is 7.80. The maximum Gasteiger partial charge on any atom is 0.416 e. The van der Waals surface area contributed by atoms with Crippen LogP contribution in [-0.2, 0) is 9.47 Å². The van der Waals surface area contributed by atoms with Crippen molar-refractivity contribution in [2.45, 2.75) is 6.23 Å². The third kappa shape index (κ3) is 4.53. The summed E-state index contributed by atoms with van der Waals surface area (Å²) in [6.45, 7) is 1.92. The number of anilines is 3. The molecular weight excluding hydrogens is 463 g/mol. The van der Waals surface area contributed by atoms with Gasteiger partial charge in [-0.25, -0.2) is 9.18 Å². The number of benzene rings is 1. The van der Waals surface area contributed by atoms with E-state index in [-0.39, 0.29) is 17.6 Å². The molecule has 3 heterocycles. The largest absolute Gasteiger partial charge is 0.474 e. The van der Waals surface area contributed by atoms with Gasteiger partial charge < -0.3 is 25.0 Å². The number of pyridine rings is 1. The Morgan fingerprint density at radius 3 is 2.68 bits per heavy atom. The molecule has 0 aliphatic carbocycles. The number of amides is 2. The van der Waals surface area contributed by atoms with Crippen LogP contribution in [0.5, 0.6) is 0 Å². The maximum absolute atomic E-state index is 15.1. The van der Waals surface area contributed by atoms with Gasteiger partial charge in [-0.2, -0.15) is 0 Å². The van der Waals surface area contributed by atoms with Crippen molar-refractivity contribution in [3.05, 3.63) is 48.0 Å². The Kier molecular flexibility index (Phi) is 6.68. The molecule has 10 nitrogen and oxygen atoms in total. The van der Waals surface area contributed by atoms with E-state index in [1.54, 1.807) is 30.1 Å². The highest BCUT2D eigenvalue weighted by Gasteiger charge is 2.36. The van der Waals surface area contributed by atoms with Crippen LogP contribution in [0.25, 0.3) is 0 Å². The second-order valence-corrected chi connectivity index (χ2v) is 8.26. The fourth-order valence-electron chi connectivity index (χ4n) is 3.95. The SMILES string of the molecule is COC(=S)N(C)C1CN(c2ccc(N3CCN(C(=O)c4cnccc4N)CC3)c(F)c2)C(=O)O1. The zero-order valence-electron chi connectivity index (χ0n) is 18.8. The number of nitrogens with two attached hydrogens (primary N) is 1. The zero-order chi connectivity index (χ0) is 24.4. The van der Waals surface area contributed by atoms with Crippen molar-refractivity contribution in [1.29, 1.82) is 0 Å². The smallest absolute Gasteiger partial charge is 0.416 e. The number of carbonyl (C=O) groups is 2. The van der Waals surface area contributed by atoms with Gasteiger partial charge in [0.1, 0.15) is 5.82 Å². The minimum absolute atomic E-state index is 0.176. The average molecular weight is 489 g/mol. The summed E-state index contributed by atoms with van der Waals surface area (Å²) < 4.78 is 25.4. The van der Waals surface area contributed by atoms with Crippen LogP contribution in [0.15, 0.2) is 36.7 Å². The number of carbonyl (C=O) groups excluding carboxylic acids is 2. The number of nitrogen functional groups attached to an aromatic ring is 1. The van der Waals surface area contributed by atoms with E-state index >= 15 is 4.39 Å². The molecule has 2 amide bonds. The van der Waals surface area contributed by atoms with Gasteiger partial charge in [0.25, 0.3) is 11.1 Å². The number of hydrogen-bond donors (Lipinski definition) is 1. The first-order valence-corrected chi connectivity index (χ1v) is 11.0. The fourth-order valence-corrected chi connectivity index (χ4v) is 4.06. The first kappa shape index (κ1) is 23.5. The molecule has 2 fully saturated rings. The standard InChI is InChI=1S/C22H25FN6O4S/c1-26(22(34)32-2)19-13-29(21(31)33-19)14-3-4-18(16(23)11-14)27-7-9-28(10-8-27)20(30)15-12-25-6-5-17(15)24/h3-6,11-12,19H,7-10,13H2,1-2H3,(H2,24,25). The number of halogens is 1. The van der Waals surface area contributed by atoms with Gasteiger partial charge in [-0.05, 0) is 36.5 Å².